The summed E-state index contributed by atoms with van der Waals surface area (Å²) in [6, 6.07) is 17.7. The van der Waals surface area contributed by atoms with Crippen molar-refractivity contribution in [1.29, 1.82) is 5.26 Å². The van der Waals surface area contributed by atoms with E-state index in [9.17, 15) is 10.1 Å². The molecule has 0 bridgehead atoms. The van der Waals surface area contributed by atoms with Crippen LogP contribution in [0.15, 0.2) is 48.5 Å². The Morgan fingerprint density at radius 3 is 2.80 bits per heavy atom. The Balaban J connectivity index is 1.59. The van der Waals surface area contributed by atoms with Gasteiger partial charge in [0.1, 0.15) is 10.8 Å². The lowest BCUT2D eigenvalue weighted by molar-refractivity contribution is -0.120. The summed E-state index contributed by atoms with van der Waals surface area (Å²) in [5, 5.41) is 10.2. The first-order chi connectivity index (χ1) is 12.2. The maximum Gasteiger partial charge on any atom is 0.160 e. The lowest BCUT2D eigenvalue weighted by Gasteiger charge is -2.08. The van der Waals surface area contributed by atoms with E-state index < -0.39 is 5.92 Å². The number of ketones is 1. The van der Waals surface area contributed by atoms with Gasteiger partial charge in [0.05, 0.1) is 23.4 Å². The van der Waals surface area contributed by atoms with Crippen molar-refractivity contribution in [3.63, 3.8) is 0 Å². The van der Waals surface area contributed by atoms with Gasteiger partial charge in [-0.1, -0.05) is 30.3 Å². The number of thiazole rings is 1. The molecule has 0 radical (unpaired) electrons. The van der Waals surface area contributed by atoms with Gasteiger partial charge in [-0.25, -0.2) is 4.98 Å². The van der Waals surface area contributed by atoms with E-state index in [1.54, 1.807) is 7.11 Å². The fourth-order valence-corrected chi connectivity index (χ4v) is 4.31. The number of para-hydroxylation sites is 2. The molecule has 124 valence electrons. The maximum absolute atomic E-state index is 12.9. The Kier molecular flexibility index (Phi) is 3.98. The van der Waals surface area contributed by atoms with E-state index in [0.29, 0.717) is 5.01 Å². The number of rotatable bonds is 5. The average Bonchev–Trinajstić information content (AvgIpc) is 3.34. The topological polar surface area (TPSA) is 63.0 Å². The van der Waals surface area contributed by atoms with Crippen molar-refractivity contribution in [3.8, 4) is 11.8 Å². The van der Waals surface area contributed by atoms with Crippen LogP contribution in [0.2, 0.25) is 0 Å². The van der Waals surface area contributed by atoms with Gasteiger partial charge in [-0.2, -0.15) is 5.26 Å². The fourth-order valence-electron chi connectivity index (χ4n) is 3.29. The number of aromatic nitrogens is 1. The number of carbonyl (C=O) groups is 1. The molecule has 4 rings (SSSR count). The van der Waals surface area contributed by atoms with Gasteiger partial charge in [0, 0.05) is 5.92 Å². The maximum atomic E-state index is 12.9. The molecule has 0 amide bonds. The Morgan fingerprint density at radius 1 is 1.28 bits per heavy atom. The second kappa shape index (κ2) is 6.30. The predicted octanol–water partition coefficient (Wildman–Crippen LogP) is 4.28. The molecular formula is C20H16N2O2S. The first-order valence-electron chi connectivity index (χ1n) is 8.14. The minimum atomic E-state index is -0.790. The van der Waals surface area contributed by atoms with Crippen LogP contribution in [-0.4, -0.2) is 17.9 Å². The van der Waals surface area contributed by atoms with Crippen molar-refractivity contribution in [1.82, 2.24) is 4.98 Å². The molecule has 0 spiro atoms. The molecule has 4 nitrogen and oxygen atoms in total. The Labute approximate surface area is 149 Å². The number of hydrogen-bond acceptors (Lipinski definition) is 5. The molecule has 1 aliphatic carbocycles. The number of carbonyl (C=O) groups excluding carboxylic acids is 1. The van der Waals surface area contributed by atoms with Gasteiger partial charge in [-0.05, 0) is 36.1 Å². The second-order valence-corrected chi connectivity index (χ2v) is 7.24. The molecule has 1 aromatic heterocycles. The number of nitrogens with zero attached hydrogens (tertiary/aromatic N) is 2. The van der Waals surface area contributed by atoms with Gasteiger partial charge in [-0.3, -0.25) is 4.79 Å². The molecular weight excluding hydrogens is 332 g/mol. The van der Waals surface area contributed by atoms with Crippen LogP contribution in [0.1, 0.15) is 28.8 Å². The molecule has 1 saturated carbocycles. The summed E-state index contributed by atoms with van der Waals surface area (Å²) in [4.78, 5) is 17.4. The van der Waals surface area contributed by atoms with Crippen molar-refractivity contribution < 1.29 is 9.53 Å². The molecule has 1 fully saturated rings. The van der Waals surface area contributed by atoms with Gasteiger partial charge >= 0.3 is 0 Å². The Bertz CT molecular complexity index is 956. The van der Waals surface area contributed by atoms with Gasteiger partial charge < -0.3 is 4.74 Å². The fraction of sp³-hybridized carbons (Fsp3) is 0.250. The third-order valence-corrected chi connectivity index (χ3v) is 5.77. The summed E-state index contributed by atoms with van der Waals surface area (Å²) in [6.07, 6.45) is 0.766. The Hall–Kier alpha value is -2.71. The molecule has 2 aromatic carbocycles. The third kappa shape index (κ3) is 2.79. The van der Waals surface area contributed by atoms with Gasteiger partial charge in [0.2, 0.25) is 0 Å². The van der Waals surface area contributed by atoms with Crippen molar-refractivity contribution in [2.45, 2.75) is 18.3 Å². The molecule has 1 aliphatic rings. The molecule has 5 heteroatoms. The smallest absolute Gasteiger partial charge is 0.160 e. The highest BCUT2D eigenvalue weighted by Gasteiger charge is 2.48. The number of fused-ring (bicyclic) bond motifs is 1. The second-order valence-electron chi connectivity index (χ2n) is 6.17. The average molecular weight is 348 g/mol. The quantitative estimate of drug-likeness (QED) is 0.690. The van der Waals surface area contributed by atoms with E-state index in [4.69, 9.17) is 4.74 Å². The van der Waals surface area contributed by atoms with Crippen molar-refractivity contribution in [2.75, 3.05) is 7.11 Å². The summed E-state index contributed by atoms with van der Waals surface area (Å²) in [7, 11) is 1.64. The van der Waals surface area contributed by atoms with Crippen LogP contribution < -0.4 is 4.74 Å². The number of Topliss-reactive ketones (excluding diaryl/α,β-unsaturated/α-hetero) is 1. The molecule has 3 aromatic rings. The van der Waals surface area contributed by atoms with Crippen LogP contribution in [-0.2, 0) is 4.79 Å². The number of hydrogen-bond donors (Lipinski definition) is 0. The van der Waals surface area contributed by atoms with Crippen LogP contribution in [0.5, 0.6) is 5.75 Å². The summed E-state index contributed by atoms with van der Waals surface area (Å²) in [5.41, 5.74) is 1.89. The Morgan fingerprint density at radius 2 is 2.04 bits per heavy atom. The minimum absolute atomic E-state index is 0.0301. The van der Waals surface area contributed by atoms with E-state index >= 15 is 0 Å². The molecule has 25 heavy (non-hydrogen) atoms. The van der Waals surface area contributed by atoms with Crippen LogP contribution in [0.25, 0.3) is 10.2 Å². The third-order valence-electron chi connectivity index (χ3n) is 4.67. The lowest BCUT2D eigenvalue weighted by Crippen LogP contribution is -2.13. The summed E-state index contributed by atoms with van der Waals surface area (Å²) in [5.74, 6) is -0.0160. The standard InChI is InChI=1S/C20H16N2O2S/c1-24-17-8-4-2-6-12(17)13-10-14(13)19(23)15(11-21)20-22-16-7-3-5-9-18(16)25-20/h2-9,13-15H,10H2,1H3/t13-,14+,15+/m0/s1. The van der Waals surface area contributed by atoms with E-state index in [1.165, 1.54) is 11.3 Å². The highest BCUT2D eigenvalue weighted by molar-refractivity contribution is 7.18. The number of nitriles is 1. The minimum Gasteiger partial charge on any atom is -0.496 e. The molecule has 0 N–H and O–H groups in total. The normalized spacial score (nSPS) is 20.0. The molecule has 3 atom stereocenters. The van der Waals surface area contributed by atoms with Crippen molar-refractivity contribution in [2.24, 2.45) is 5.92 Å². The monoisotopic (exact) mass is 348 g/mol. The van der Waals surface area contributed by atoms with E-state index in [2.05, 4.69) is 11.1 Å². The van der Waals surface area contributed by atoms with Crippen LogP contribution in [0, 0.1) is 17.2 Å². The largest absolute Gasteiger partial charge is 0.496 e. The first kappa shape index (κ1) is 15.8. The lowest BCUT2D eigenvalue weighted by atomic mass is 9.99. The summed E-state index contributed by atoms with van der Waals surface area (Å²) < 4.78 is 6.40. The number of benzene rings is 2. The summed E-state index contributed by atoms with van der Waals surface area (Å²) in [6.45, 7) is 0. The molecule has 0 unspecified atom stereocenters. The predicted molar refractivity (Wildman–Crippen MR) is 96.8 cm³/mol. The van der Waals surface area contributed by atoms with Gasteiger partial charge in [0.25, 0.3) is 0 Å². The molecule has 1 heterocycles. The van der Waals surface area contributed by atoms with Crippen LogP contribution >= 0.6 is 11.3 Å². The number of methoxy groups -OCH3 is 1. The summed E-state index contributed by atoms with van der Waals surface area (Å²) >= 11 is 1.43. The van der Waals surface area contributed by atoms with Crippen LogP contribution in [0.3, 0.4) is 0 Å². The van der Waals surface area contributed by atoms with Gasteiger partial charge in [0.15, 0.2) is 11.7 Å². The van der Waals surface area contributed by atoms with Crippen molar-refractivity contribution >= 4 is 27.3 Å². The molecule has 0 saturated heterocycles. The highest BCUT2D eigenvalue weighted by Crippen LogP contribution is 2.52. The zero-order valence-corrected chi connectivity index (χ0v) is 14.5. The van der Waals surface area contributed by atoms with Crippen LogP contribution in [0.4, 0.5) is 0 Å². The van der Waals surface area contributed by atoms with E-state index in [-0.39, 0.29) is 17.6 Å². The van der Waals surface area contributed by atoms with E-state index in [1.807, 2.05) is 48.5 Å². The van der Waals surface area contributed by atoms with E-state index in [0.717, 1.165) is 28.0 Å². The van der Waals surface area contributed by atoms with Crippen molar-refractivity contribution in [3.05, 3.63) is 59.1 Å². The van der Waals surface area contributed by atoms with Gasteiger partial charge in [-0.15, -0.1) is 11.3 Å². The zero-order chi connectivity index (χ0) is 17.4. The molecule has 0 aliphatic heterocycles. The SMILES string of the molecule is COc1ccccc1[C@@H]1C[C@H]1C(=O)[C@@H](C#N)c1nc2ccccc2s1. The zero-order valence-electron chi connectivity index (χ0n) is 13.7. The highest BCUT2D eigenvalue weighted by atomic mass is 32.1. The number of ether oxygens (including phenoxy) is 1. The first-order valence-corrected chi connectivity index (χ1v) is 8.96.